The van der Waals surface area contributed by atoms with Crippen molar-refractivity contribution >= 4 is 0 Å². The van der Waals surface area contributed by atoms with E-state index in [9.17, 15) is 9.90 Å². The van der Waals surface area contributed by atoms with E-state index in [4.69, 9.17) is 8.94 Å². The van der Waals surface area contributed by atoms with Gasteiger partial charge in [-0.1, -0.05) is 35.5 Å². The van der Waals surface area contributed by atoms with Crippen molar-refractivity contribution in [3.63, 3.8) is 0 Å². The molecule has 0 amide bonds. The summed E-state index contributed by atoms with van der Waals surface area (Å²) >= 11 is 0. The number of hydrogen-bond donors (Lipinski definition) is 1. The average Bonchev–Trinajstić information content (AvgIpc) is 3.43. The molecule has 5 heteroatoms. The fourth-order valence-electron chi connectivity index (χ4n) is 3.82. The third-order valence-electron chi connectivity index (χ3n) is 5.38. The lowest BCUT2D eigenvalue weighted by molar-refractivity contribution is 0.391. The Hall–Kier alpha value is -2.82. The van der Waals surface area contributed by atoms with E-state index < -0.39 is 5.63 Å². The Labute approximate surface area is 157 Å². The van der Waals surface area contributed by atoms with Crippen molar-refractivity contribution in [2.75, 3.05) is 0 Å². The molecule has 2 aromatic heterocycles. The van der Waals surface area contributed by atoms with Gasteiger partial charge in [0, 0.05) is 24.0 Å². The minimum atomic E-state index is -0.440. The molecule has 27 heavy (non-hydrogen) atoms. The van der Waals surface area contributed by atoms with Gasteiger partial charge in [-0.2, -0.15) is 0 Å². The lowest BCUT2D eigenvalue weighted by Crippen LogP contribution is -2.16. The van der Waals surface area contributed by atoms with Gasteiger partial charge in [0.05, 0.1) is 11.3 Å². The summed E-state index contributed by atoms with van der Waals surface area (Å²) in [4.78, 5) is 12.7. The highest BCUT2D eigenvalue weighted by Gasteiger charge is 2.37. The minimum absolute atomic E-state index is 0.0285. The average molecular weight is 365 g/mol. The molecule has 0 bridgehead atoms. The minimum Gasteiger partial charge on any atom is -0.507 e. The molecule has 4 rings (SSSR count). The van der Waals surface area contributed by atoms with Crippen molar-refractivity contribution in [1.29, 1.82) is 0 Å². The monoisotopic (exact) mass is 365 g/mol. The largest absolute Gasteiger partial charge is 0.507 e. The van der Waals surface area contributed by atoms with E-state index in [1.807, 2.05) is 44.2 Å². The summed E-state index contributed by atoms with van der Waals surface area (Å²) in [5.41, 5.74) is 2.84. The van der Waals surface area contributed by atoms with Crippen LogP contribution in [0.5, 0.6) is 5.75 Å². The van der Waals surface area contributed by atoms with Crippen LogP contribution < -0.4 is 5.63 Å². The lowest BCUT2D eigenvalue weighted by atomic mass is 9.87. The molecule has 0 aliphatic heterocycles. The smallest absolute Gasteiger partial charge is 0.343 e. The zero-order valence-electron chi connectivity index (χ0n) is 15.6. The molecule has 1 aliphatic rings. The highest BCUT2D eigenvalue weighted by molar-refractivity contribution is 5.41. The Morgan fingerprint density at radius 3 is 2.52 bits per heavy atom. The van der Waals surface area contributed by atoms with Crippen LogP contribution in [-0.4, -0.2) is 10.3 Å². The van der Waals surface area contributed by atoms with E-state index in [0.29, 0.717) is 30.1 Å². The van der Waals surface area contributed by atoms with E-state index in [1.54, 1.807) is 6.07 Å². The maximum Gasteiger partial charge on any atom is 0.343 e. The highest BCUT2D eigenvalue weighted by Crippen LogP contribution is 2.47. The Morgan fingerprint density at radius 2 is 1.93 bits per heavy atom. The molecule has 3 aromatic rings. The zero-order chi connectivity index (χ0) is 19.0. The van der Waals surface area contributed by atoms with Crippen LogP contribution in [0.15, 0.2) is 50.1 Å². The van der Waals surface area contributed by atoms with Crippen LogP contribution >= 0.6 is 0 Å². The highest BCUT2D eigenvalue weighted by atomic mass is 16.5. The first-order valence-corrected chi connectivity index (χ1v) is 9.37. The first-order chi connectivity index (χ1) is 13.0. The molecule has 1 aromatic carbocycles. The van der Waals surface area contributed by atoms with Crippen LogP contribution in [0.2, 0.25) is 0 Å². The molecule has 0 saturated heterocycles. The van der Waals surface area contributed by atoms with E-state index in [-0.39, 0.29) is 11.7 Å². The van der Waals surface area contributed by atoms with Crippen molar-refractivity contribution in [2.45, 2.75) is 45.4 Å². The molecule has 0 radical (unpaired) electrons. The Kier molecular flexibility index (Phi) is 4.60. The summed E-state index contributed by atoms with van der Waals surface area (Å²) in [5.74, 6) is 1.55. The van der Waals surface area contributed by atoms with Gasteiger partial charge in [-0.05, 0) is 44.6 Å². The molecule has 1 N–H and O–H groups in total. The SMILES string of the molecule is Cc1noc(C)c1CCc1cc(O)c([C@@H](c2ccccc2)C2CC2)c(=O)o1. The van der Waals surface area contributed by atoms with Gasteiger partial charge in [0.15, 0.2) is 0 Å². The summed E-state index contributed by atoms with van der Waals surface area (Å²) in [7, 11) is 0. The van der Waals surface area contributed by atoms with Crippen LogP contribution in [0, 0.1) is 19.8 Å². The zero-order valence-corrected chi connectivity index (χ0v) is 15.6. The van der Waals surface area contributed by atoms with Gasteiger partial charge in [0.1, 0.15) is 17.3 Å². The molecule has 1 aliphatic carbocycles. The Bertz CT molecular complexity index is 979. The standard InChI is InChI=1S/C22H23NO4/c1-13-18(14(2)27-23-13)11-10-17-12-19(24)21(22(25)26-17)20(16-8-9-16)15-6-4-3-5-7-15/h3-7,12,16,20,24H,8-11H2,1-2H3/t20-/m0/s1. The maximum atomic E-state index is 12.7. The van der Waals surface area contributed by atoms with Gasteiger partial charge < -0.3 is 14.0 Å². The predicted octanol–water partition coefficient (Wildman–Crippen LogP) is 4.28. The van der Waals surface area contributed by atoms with Gasteiger partial charge in [0.25, 0.3) is 0 Å². The fraction of sp³-hybridized carbons (Fsp3) is 0.364. The topological polar surface area (TPSA) is 76.5 Å². The van der Waals surface area contributed by atoms with Crippen LogP contribution in [0.25, 0.3) is 0 Å². The quantitative estimate of drug-likeness (QED) is 0.706. The van der Waals surface area contributed by atoms with Gasteiger partial charge in [-0.3, -0.25) is 0 Å². The number of rotatable bonds is 6. The molecule has 0 spiro atoms. The third kappa shape index (κ3) is 3.54. The molecule has 1 atom stereocenters. The van der Waals surface area contributed by atoms with Gasteiger partial charge in [-0.15, -0.1) is 0 Å². The van der Waals surface area contributed by atoms with Crippen molar-refractivity contribution in [3.05, 3.63) is 80.7 Å². The number of nitrogens with zero attached hydrogens (tertiary/aromatic N) is 1. The number of hydrogen-bond acceptors (Lipinski definition) is 5. The van der Waals surface area contributed by atoms with Crippen LogP contribution in [0.1, 0.15) is 52.7 Å². The molecular formula is C22H23NO4. The number of aryl methyl sites for hydroxylation is 3. The van der Waals surface area contributed by atoms with Crippen LogP contribution in [0.4, 0.5) is 0 Å². The third-order valence-corrected chi connectivity index (χ3v) is 5.38. The summed E-state index contributed by atoms with van der Waals surface area (Å²) < 4.78 is 10.8. The van der Waals surface area contributed by atoms with Crippen molar-refractivity contribution in [3.8, 4) is 5.75 Å². The Balaban J connectivity index is 1.63. The molecular weight excluding hydrogens is 342 g/mol. The number of benzene rings is 1. The second kappa shape index (κ2) is 7.06. The second-order valence-corrected chi connectivity index (χ2v) is 7.33. The van der Waals surface area contributed by atoms with Gasteiger partial charge in [-0.25, -0.2) is 4.79 Å². The first kappa shape index (κ1) is 17.6. The summed E-state index contributed by atoms with van der Waals surface area (Å²) in [6.07, 6.45) is 3.28. The number of aromatic hydroxyl groups is 1. The predicted molar refractivity (Wildman–Crippen MR) is 101 cm³/mol. The lowest BCUT2D eigenvalue weighted by Gasteiger charge is -2.17. The molecule has 2 heterocycles. The molecule has 1 saturated carbocycles. The maximum absolute atomic E-state index is 12.7. The van der Waals surface area contributed by atoms with Crippen LogP contribution in [-0.2, 0) is 12.8 Å². The van der Waals surface area contributed by atoms with Crippen molar-refractivity contribution < 1.29 is 14.0 Å². The number of aromatic nitrogens is 1. The summed E-state index contributed by atoms with van der Waals surface area (Å²) in [5, 5.41) is 14.6. The normalized spacial score (nSPS) is 15.0. The van der Waals surface area contributed by atoms with Gasteiger partial charge in [0.2, 0.25) is 0 Å². The Morgan fingerprint density at radius 1 is 1.19 bits per heavy atom. The van der Waals surface area contributed by atoms with E-state index in [1.165, 1.54) is 0 Å². The summed E-state index contributed by atoms with van der Waals surface area (Å²) in [6, 6.07) is 11.5. The van der Waals surface area contributed by atoms with Crippen molar-refractivity contribution in [1.82, 2.24) is 5.16 Å². The second-order valence-electron chi connectivity index (χ2n) is 7.33. The van der Waals surface area contributed by atoms with E-state index >= 15 is 0 Å². The first-order valence-electron chi connectivity index (χ1n) is 9.37. The molecule has 140 valence electrons. The summed E-state index contributed by atoms with van der Waals surface area (Å²) in [6.45, 7) is 3.76. The van der Waals surface area contributed by atoms with E-state index in [2.05, 4.69) is 5.16 Å². The fourth-order valence-corrected chi connectivity index (χ4v) is 3.82. The molecule has 0 unspecified atom stereocenters. The van der Waals surface area contributed by atoms with Crippen molar-refractivity contribution in [2.24, 2.45) is 5.92 Å². The van der Waals surface area contributed by atoms with E-state index in [0.717, 1.165) is 35.4 Å². The molecule has 5 nitrogen and oxygen atoms in total. The van der Waals surface area contributed by atoms with Crippen LogP contribution in [0.3, 0.4) is 0 Å². The van der Waals surface area contributed by atoms with Gasteiger partial charge >= 0.3 is 5.63 Å². The molecule has 1 fully saturated rings.